The molecule has 9 aromatic carbocycles. The van der Waals surface area contributed by atoms with Crippen LogP contribution in [-0.4, -0.2) is 12.6 Å². The Kier molecular flexibility index (Phi) is 6.87. The molecule has 0 saturated heterocycles. The molecule has 0 aliphatic heterocycles. The van der Waals surface area contributed by atoms with E-state index in [9.17, 15) is 0 Å². The maximum atomic E-state index is 2.49. The Labute approximate surface area is 322 Å². The highest BCUT2D eigenvalue weighted by atomic mass is 28.3. The van der Waals surface area contributed by atoms with Gasteiger partial charge < -0.3 is 9.47 Å². The van der Waals surface area contributed by atoms with E-state index in [4.69, 9.17) is 0 Å². The second kappa shape index (κ2) is 11.8. The van der Waals surface area contributed by atoms with Crippen LogP contribution in [0.15, 0.2) is 170 Å². The smallest absolute Gasteiger partial charge is 0.0811 e. The fraction of sp³-hybridized carbons (Fsp3) is 0.0769. The number of anilines is 3. The van der Waals surface area contributed by atoms with Crippen LogP contribution in [0.4, 0.5) is 17.1 Å². The van der Waals surface area contributed by atoms with Crippen LogP contribution in [0, 0.1) is 6.92 Å². The van der Waals surface area contributed by atoms with Crippen molar-refractivity contribution in [2.75, 3.05) is 4.90 Å². The molecule has 0 N–H and O–H groups in total. The first kappa shape index (κ1) is 32.0. The molecule has 1 aliphatic rings. The molecule has 1 aromatic heterocycles. The van der Waals surface area contributed by atoms with Gasteiger partial charge in [-0.1, -0.05) is 116 Å². The summed E-state index contributed by atoms with van der Waals surface area (Å²) in [4.78, 5) is 2.49. The molecule has 1 aliphatic carbocycles. The van der Waals surface area contributed by atoms with Crippen LogP contribution in [0.2, 0.25) is 19.6 Å². The van der Waals surface area contributed by atoms with E-state index in [1.807, 2.05) is 0 Å². The number of hydrogen-bond acceptors (Lipinski definition) is 1. The minimum atomic E-state index is -1.79. The van der Waals surface area contributed by atoms with Gasteiger partial charge in [0.1, 0.15) is 0 Å². The fourth-order valence-corrected chi connectivity index (χ4v) is 11.2. The molecule has 2 nitrogen and oxygen atoms in total. The molecule has 0 bridgehead atoms. The molecule has 0 spiro atoms. The molecule has 0 unspecified atom stereocenters. The second-order valence-electron chi connectivity index (χ2n) is 16.3. The number of fused-ring (bicyclic) bond motifs is 10. The van der Waals surface area contributed by atoms with E-state index in [1.54, 1.807) is 0 Å². The molecule has 0 saturated carbocycles. The zero-order chi connectivity index (χ0) is 37.0. The number of benzene rings is 9. The SMILES string of the molecule is Cc1ccc(N(c2ccc3cc4c(cc3c2)-c2cc3ccc(-n5c6ccccc6c6ccccc65)cc3cc2-4)c2ccc3ccccc3c2[Si](C)(C)C)cc1. The van der Waals surface area contributed by atoms with Gasteiger partial charge in [-0.25, -0.2) is 0 Å². The Morgan fingerprint density at radius 1 is 0.418 bits per heavy atom. The van der Waals surface area contributed by atoms with Gasteiger partial charge in [0.25, 0.3) is 0 Å². The minimum absolute atomic E-state index is 1.18. The van der Waals surface area contributed by atoms with Crippen LogP contribution in [0.1, 0.15) is 5.56 Å². The van der Waals surface area contributed by atoms with Crippen LogP contribution in [-0.2, 0) is 0 Å². The van der Waals surface area contributed by atoms with Crippen molar-refractivity contribution >= 4 is 84.4 Å². The molecule has 3 heteroatoms. The summed E-state index contributed by atoms with van der Waals surface area (Å²) in [5.41, 5.74) is 13.9. The third-order valence-corrected chi connectivity index (χ3v) is 13.8. The zero-order valence-electron chi connectivity index (χ0n) is 31.6. The first-order valence-electron chi connectivity index (χ1n) is 19.3. The molecule has 1 heterocycles. The Balaban J connectivity index is 1.03. The predicted molar refractivity (Wildman–Crippen MR) is 240 cm³/mol. The van der Waals surface area contributed by atoms with Crippen molar-refractivity contribution in [3.05, 3.63) is 175 Å². The fourth-order valence-electron chi connectivity index (χ4n) is 9.23. The van der Waals surface area contributed by atoms with E-state index in [-0.39, 0.29) is 0 Å². The molecule has 10 aromatic rings. The average molecular weight is 721 g/mol. The summed E-state index contributed by atoms with van der Waals surface area (Å²) < 4.78 is 2.41. The van der Waals surface area contributed by atoms with E-state index in [1.165, 1.54) is 110 Å². The summed E-state index contributed by atoms with van der Waals surface area (Å²) >= 11 is 0. The number of rotatable bonds is 5. The summed E-state index contributed by atoms with van der Waals surface area (Å²) in [6.07, 6.45) is 0. The summed E-state index contributed by atoms with van der Waals surface area (Å²) in [5.74, 6) is 0. The van der Waals surface area contributed by atoms with Crippen molar-refractivity contribution in [2.24, 2.45) is 0 Å². The third kappa shape index (κ3) is 4.93. The van der Waals surface area contributed by atoms with Gasteiger partial charge in [-0.3, -0.25) is 0 Å². The first-order chi connectivity index (χ1) is 26.8. The minimum Gasteiger partial charge on any atom is -0.311 e. The van der Waals surface area contributed by atoms with Gasteiger partial charge in [0.05, 0.1) is 19.1 Å². The number of aryl methyl sites for hydroxylation is 1. The Hall–Kier alpha value is -6.42. The van der Waals surface area contributed by atoms with Crippen molar-refractivity contribution in [3.63, 3.8) is 0 Å². The van der Waals surface area contributed by atoms with Gasteiger partial charge in [-0.2, -0.15) is 0 Å². The summed E-state index contributed by atoms with van der Waals surface area (Å²) in [6.45, 7) is 9.57. The van der Waals surface area contributed by atoms with Crippen molar-refractivity contribution in [1.82, 2.24) is 4.57 Å². The normalized spacial score (nSPS) is 12.4. The van der Waals surface area contributed by atoms with Crippen LogP contribution < -0.4 is 10.1 Å². The van der Waals surface area contributed by atoms with Gasteiger partial charge in [0, 0.05) is 33.5 Å². The Bertz CT molecular complexity index is 3140. The lowest BCUT2D eigenvalue weighted by molar-refractivity contribution is 1.19. The Morgan fingerprint density at radius 3 is 1.56 bits per heavy atom. The second-order valence-corrected chi connectivity index (χ2v) is 21.3. The van der Waals surface area contributed by atoms with Crippen LogP contribution in [0.3, 0.4) is 0 Å². The molecule has 55 heavy (non-hydrogen) atoms. The molecule has 0 atom stereocenters. The highest BCUT2D eigenvalue weighted by Gasteiger charge is 2.28. The van der Waals surface area contributed by atoms with E-state index < -0.39 is 8.07 Å². The molecule has 11 rings (SSSR count). The molecule has 0 fully saturated rings. The Morgan fingerprint density at radius 2 is 0.927 bits per heavy atom. The number of para-hydroxylation sites is 2. The quantitative estimate of drug-likeness (QED) is 0.161. The summed E-state index contributed by atoms with van der Waals surface area (Å²) in [5, 5.41) is 11.8. The van der Waals surface area contributed by atoms with E-state index in [2.05, 4.69) is 206 Å². The molecule has 262 valence electrons. The average Bonchev–Trinajstić information content (AvgIpc) is 3.54. The van der Waals surface area contributed by atoms with Gasteiger partial charge in [-0.15, -0.1) is 0 Å². The van der Waals surface area contributed by atoms with Crippen molar-refractivity contribution in [2.45, 2.75) is 26.6 Å². The van der Waals surface area contributed by atoms with Gasteiger partial charge >= 0.3 is 0 Å². The third-order valence-electron chi connectivity index (χ3n) is 11.8. The number of nitrogens with zero attached hydrogens (tertiary/aromatic N) is 2. The van der Waals surface area contributed by atoms with Gasteiger partial charge in [0.15, 0.2) is 0 Å². The monoisotopic (exact) mass is 720 g/mol. The van der Waals surface area contributed by atoms with E-state index in [0.29, 0.717) is 0 Å². The first-order valence-corrected chi connectivity index (χ1v) is 22.8. The lowest BCUT2D eigenvalue weighted by atomic mass is 9.78. The maximum absolute atomic E-state index is 2.49. The number of aromatic nitrogens is 1. The predicted octanol–water partition coefficient (Wildman–Crippen LogP) is 14.2. The molecule has 0 amide bonds. The van der Waals surface area contributed by atoms with Crippen LogP contribution in [0.5, 0.6) is 0 Å². The van der Waals surface area contributed by atoms with Crippen LogP contribution >= 0.6 is 0 Å². The molecule has 0 radical (unpaired) electrons. The summed E-state index contributed by atoms with van der Waals surface area (Å²) in [7, 11) is -1.79. The largest absolute Gasteiger partial charge is 0.311 e. The molecular weight excluding hydrogens is 681 g/mol. The number of hydrogen-bond donors (Lipinski definition) is 0. The lowest BCUT2D eigenvalue weighted by Crippen LogP contribution is -2.41. The topological polar surface area (TPSA) is 8.17 Å². The zero-order valence-corrected chi connectivity index (χ0v) is 32.6. The maximum Gasteiger partial charge on any atom is 0.0811 e. The molecular formula is C52H40N2Si. The van der Waals surface area contributed by atoms with E-state index >= 15 is 0 Å². The van der Waals surface area contributed by atoms with Crippen LogP contribution in [0.25, 0.3) is 82.1 Å². The highest BCUT2D eigenvalue weighted by molar-refractivity contribution is 6.91. The van der Waals surface area contributed by atoms with Gasteiger partial charge in [-0.05, 0) is 146 Å². The van der Waals surface area contributed by atoms with E-state index in [0.717, 1.165) is 0 Å². The summed E-state index contributed by atoms with van der Waals surface area (Å²) in [6, 6.07) is 63.6. The lowest BCUT2D eigenvalue weighted by Gasteiger charge is -2.33. The van der Waals surface area contributed by atoms with Crippen molar-refractivity contribution in [1.29, 1.82) is 0 Å². The van der Waals surface area contributed by atoms with Crippen molar-refractivity contribution in [3.8, 4) is 27.9 Å². The highest BCUT2D eigenvalue weighted by Crippen LogP contribution is 2.51. The standard InChI is InChI=1S/C52H40N2Si/c1-33-17-22-39(23-18-33)53(51-26-21-34-11-5-6-12-42(34)52(51)55(2,3)4)40-24-19-35-29-45-47(31-37(35)27-40)46-30-36-20-25-41(28-38(36)32-48(45)46)54-49-15-9-7-13-43(49)44-14-8-10-16-50(44)54/h5-32H,1-4H3. The van der Waals surface area contributed by atoms with Gasteiger partial charge in [0.2, 0.25) is 0 Å². The van der Waals surface area contributed by atoms with Crippen molar-refractivity contribution < 1.29 is 0 Å².